The van der Waals surface area contributed by atoms with Crippen molar-refractivity contribution >= 4 is 34.8 Å². The van der Waals surface area contributed by atoms with Gasteiger partial charge in [0, 0.05) is 0 Å². The van der Waals surface area contributed by atoms with Crippen LogP contribution in [0, 0.1) is 5.92 Å². The summed E-state index contributed by atoms with van der Waals surface area (Å²) in [6.07, 6.45) is 0.489. The van der Waals surface area contributed by atoms with Gasteiger partial charge in [-0.15, -0.1) is 23.2 Å². The maximum atomic E-state index is 12.1. The molecule has 5 heteroatoms. The Morgan fingerprint density at radius 3 is 2.45 bits per heavy atom. The number of nitrogens with one attached hydrogen (secondary N) is 1. The minimum atomic E-state index is -0.918. The quantitative estimate of drug-likeness (QED) is 0.852. The number of benzene rings is 1. The molecule has 0 bridgehead atoms. The van der Waals surface area contributed by atoms with Crippen molar-refractivity contribution in [3.05, 3.63) is 23.8 Å². The summed E-state index contributed by atoms with van der Waals surface area (Å²) in [6, 6.07) is 5.79. The Hall–Kier alpha value is -0.930. The van der Waals surface area contributed by atoms with Crippen LogP contribution in [0.25, 0.3) is 0 Å². The van der Waals surface area contributed by atoms with Gasteiger partial charge in [0.2, 0.25) is 5.91 Å². The molecule has 2 rings (SSSR count). The van der Waals surface area contributed by atoms with Gasteiger partial charge in [-0.05, 0) is 29.5 Å². The number of carbonyl (C=O) groups is 1. The van der Waals surface area contributed by atoms with E-state index in [1.807, 2.05) is 18.2 Å². The van der Waals surface area contributed by atoms with Gasteiger partial charge in [-0.2, -0.15) is 0 Å². The molecular weight excluding hydrogens is 297 g/mol. The van der Waals surface area contributed by atoms with Crippen molar-refractivity contribution in [2.75, 3.05) is 12.4 Å². The summed E-state index contributed by atoms with van der Waals surface area (Å²) in [6.45, 7) is 6.34. The maximum Gasteiger partial charge on any atom is 0.230 e. The summed E-state index contributed by atoms with van der Waals surface area (Å²) in [4.78, 5) is 12.1. The van der Waals surface area contributed by atoms with E-state index in [0.29, 0.717) is 17.9 Å². The van der Waals surface area contributed by atoms with Crippen LogP contribution in [0.1, 0.15) is 32.8 Å². The first-order valence-electron chi connectivity index (χ1n) is 6.52. The average molecular weight is 316 g/mol. The van der Waals surface area contributed by atoms with Crippen LogP contribution in [-0.4, -0.2) is 17.4 Å². The van der Waals surface area contributed by atoms with E-state index in [4.69, 9.17) is 27.9 Å². The second-order valence-electron chi connectivity index (χ2n) is 6.17. The fourth-order valence-electron chi connectivity index (χ4n) is 1.99. The molecular formula is C15H19Cl2NO2. The minimum Gasteiger partial charge on any atom is -0.495 e. The van der Waals surface area contributed by atoms with Crippen LogP contribution >= 0.6 is 23.2 Å². The van der Waals surface area contributed by atoms with E-state index < -0.39 is 4.33 Å². The van der Waals surface area contributed by atoms with E-state index in [0.717, 1.165) is 5.56 Å². The SMILES string of the molecule is COc1ccc(C(C)(C)C)cc1NC(=O)[C@@H]1CC1(Cl)Cl. The highest BCUT2D eigenvalue weighted by Crippen LogP contribution is 2.53. The van der Waals surface area contributed by atoms with Crippen molar-refractivity contribution in [1.29, 1.82) is 0 Å². The molecule has 1 N–H and O–H groups in total. The standard InChI is InChI=1S/C15H19Cl2NO2/c1-14(2,3)9-5-6-12(20-4)11(7-9)18-13(19)10-8-15(10,16)17/h5-7,10H,8H2,1-4H3,(H,18,19)/t10-/m0/s1. The van der Waals surface area contributed by atoms with Crippen LogP contribution in [0.15, 0.2) is 18.2 Å². The number of ether oxygens (including phenoxy) is 1. The molecule has 110 valence electrons. The number of hydrogen-bond donors (Lipinski definition) is 1. The number of methoxy groups -OCH3 is 1. The number of hydrogen-bond acceptors (Lipinski definition) is 2. The van der Waals surface area contributed by atoms with Gasteiger partial charge in [-0.3, -0.25) is 4.79 Å². The van der Waals surface area contributed by atoms with Gasteiger partial charge in [-0.1, -0.05) is 26.8 Å². The second-order valence-corrected chi connectivity index (χ2v) is 7.71. The molecule has 0 saturated heterocycles. The molecule has 1 amide bonds. The number of anilines is 1. The largest absolute Gasteiger partial charge is 0.495 e. The van der Waals surface area contributed by atoms with Crippen molar-refractivity contribution in [3.63, 3.8) is 0 Å². The predicted molar refractivity (Wildman–Crippen MR) is 82.9 cm³/mol. The Kier molecular flexibility index (Phi) is 3.96. The molecule has 1 aliphatic rings. The van der Waals surface area contributed by atoms with E-state index in [2.05, 4.69) is 26.1 Å². The van der Waals surface area contributed by atoms with Gasteiger partial charge in [0.15, 0.2) is 0 Å². The van der Waals surface area contributed by atoms with Gasteiger partial charge in [0.25, 0.3) is 0 Å². The lowest BCUT2D eigenvalue weighted by molar-refractivity contribution is -0.117. The zero-order chi connectivity index (χ0) is 15.1. The normalized spacial score (nSPS) is 20.4. The fourth-order valence-corrected chi connectivity index (χ4v) is 2.50. The van der Waals surface area contributed by atoms with E-state index in [1.165, 1.54) is 0 Å². The molecule has 1 fully saturated rings. The Labute approximate surface area is 129 Å². The highest BCUT2D eigenvalue weighted by molar-refractivity contribution is 6.52. The molecule has 1 aliphatic carbocycles. The highest BCUT2D eigenvalue weighted by atomic mass is 35.5. The van der Waals surface area contributed by atoms with E-state index in [1.54, 1.807) is 7.11 Å². The zero-order valence-electron chi connectivity index (χ0n) is 12.1. The molecule has 0 radical (unpaired) electrons. The third kappa shape index (κ3) is 3.21. The summed E-state index contributed by atoms with van der Waals surface area (Å²) in [5.41, 5.74) is 1.77. The van der Waals surface area contributed by atoms with Crippen molar-refractivity contribution in [2.24, 2.45) is 5.92 Å². The van der Waals surface area contributed by atoms with E-state index >= 15 is 0 Å². The summed E-state index contributed by atoms with van der Waals surface area (Å²) < 4.78 is 4.37. The van der Waals surface area contributed by atoms with Gasteiger partial charge >= 0.3 is 0 Å². The third-order valence-electron chi connectivity index (χ3n) is 3.47. The first-order valence-corrected chi connectivity index (χ1v) is 7.28. The van der Waals surface area contributed by atoms with E-state index in [-0.39, 0.29) is 17.2 Å². The lowest BCUT2D eigenvalue weighted by atomic mass is 9.87. The van der Waals surface area contributed by atoms with Crippen LogP contribution in [0.2, 0.25) is 0 Å². The maximum absolute atomic E-state index is 12.1. The third-order valence-corrected chi connectivity index (χ3v) is 4.30. The van der Waals surface area contributed by atoms with Crippen molar-refractivity contribution in [3.8, 4) is 5.75 Å². The van der Waals surface area contributed by atoms with Crippen LogP contribution in [-0.2, 0) is 10.2 Å². The molecule has 1 saturated carbocycles. The number of rotatable bonds is 3. The number of alkyl halides is 2. The molecule has 0 unspecified atom stereocenters. The van der Waals surface area contributed by atoms with Gasteiger partial charge < -0.3 is 10.1 Å². The van der Waals surface area contributed by atoms with Crippen molar-refractivity contribution in [2.45, 2.75) is 36.9 Å². The Bertz CT molecular complexity index is 535. The van der Waals surface area contributed by atoms with Crippen molar-refractivity contribution in [1.82, 2.24) is 0 Å². The molecule has 1 aromatic carbocycles. The van der Waals surface area contributed by atoms with Gasteiger partial charge in [-0.25, -0.2) is 0 Å². The molecule has 20 heavy (non-hydrogen) atoms. The minimum absolute atomic E-state index is 0.00590. The van der Waals surface area contributed by atoms with Crippen LogP contribution < -0.4 is 10.1 Å². The first-order chi connectivity index (χ1) is 9.15. The summed E-state index contributed by atoms with van der Waals surface area (Å²) >= 11 is 11.8. The molecule has 0 aliphatic heterocycles. The number of halogens is 2. The monoisotopic (exact) mass is 315 g/mol. The molecule has 3 nitrogen and oxygen atoms in total. The number of amides is 1. The highest BCUT2D eigenvalue weighted by Gasteiger charge is 2.56. The molecule has 1 atom stereocenters. The number of carbonyl (C=O) groups excluding carboxylic acids is 1. The molecule has 0 spiro atoms. The summed E-state index contributed by atoms with van der Waals surface area (Å²) in [7, 11) is 1.58. The zero-order valence-corrected chi connectivity index (χ0v) is 13.6. The molecule has 0 aromatic heterocycles. The van der Waals surface area contributed by atoms with Crippen LogP contribution in [0.4, 0.5) is 5.69 Å². The second kappa shape index (κ2) is 5.12. The topological polar surface area (TPSA) is 38.3 Å². The molecule has 0 heterocycles. The lowest BCUT2D eigenvalue weighted by Gasteiger charge is -2.21. The molecule has 1 aromatic rings. The summed E-state index contributed by atoms with van der Waals surface area (Å²) in [5.74, 6) is 0.106. The van der Waals surface area contributed by atoms with Crippen LogP contribution in [0.5, 0.6) is 5.75 Å². The van der Waals surface area contributed by atoms with Crippen molar-refractivity contribution < 1.29 is 9.53 Å². The summed E-state index contributed by atoms with van der Waals surface area (Å²) in [5, 5.41) is 2.86. The van der Waals surface area contributed by atoms with Crippen LogP contribution in [0.3, 0.4) is 0 Å². The van der Waals surface area contributed by atoms with Gasteiger partial charge in [0.1, 0.15) is 10.1 Å². The first kappa shape index (κ1) is 15.5. The Morgan fingerprint density at radius 2 is 2.00 bits per heavy atom. The predicted octanol–water partition coefficient (Wildman–Crippen LogP) is 4.13. The van der Waals surface area contributed by atoms with E-state index in [9.17, 15) is 4.79 Å². The fraction of sp³-hybridized carbons (Fsp3) is 0.533. The Balaban J connectivity index is 2.23. The lowest BCUT2D eigenvalue weighted by Crippen LogP contribution is -2.18. The van der Waals surface area contributed by atoms with Gasteiger partial charge in [0.05, 0.1) is 18.7 Å². The average Bonchev–Trinajstić information content (AvgIpc) is 2.97. The smallest absolute Gasteiger partial charge is 0.230 e. The Morgan fingerprint density at radius 1 is 1.40 bits per heavy atom.